The highest BCUT2D eigenvalue weighted by atomic mass is 16.5. The van der Waals surface area contributed by atoms with E-state index in [1.165, 1.54) is 0 Å². The largest absolute Gasteiger partial charge is 0.496 e. The predicted octanol–water partition coefficient (Wildman–Crippen LogP) is 5.16. The molecular weight excluding hydrogens is 404 g/mol. The molecule has 0 amide bonds. The van der Waals surface area contributed by atoms with Crippen LogP contribution in [0.15, 0.2) is 54.6 Å². The summed E-state index contributed by atoms with van der Waals surface area (Å²) in [6, 6.07) is 11.3. The van der Waals surface area contributed by atoms with E-state index < -0.39 is 5.60 Å². The molecule has 0 heterocycles. The summed E-state index contributed by atoms with van der Waals surface area (Å²) in [5, 5.41) is 29.3. The molecule has 0 saturated heterocycles. The molecule has 5 nitrogen and oxygen atoms in total. The molecule has 0 bridgehead atoms. The maximum absolute atomic E-state index is 10.5. The van der Waals surface area contributed by atoms with Crippen LogP contribution in [-0.4, -0.2) is 28.0 Å². The Bertz CT molecular complexity index is 926. The molecule has 3 N–H and O–H groups in total. The van der Waals surface area contributed by atoms with Crippen molar-refractivity contribution in [2.75, 3.05) is 7.11 Å². The third kappa shape index (κ3) is 6.70. The van der Waals surface area contributed by atoms with Crippen LogP contribution in [0.2, 0.25) is 0 Å². The third-order valence-electron chi connectivity index (χ3n) is 5.84. The third-order valence-corrected chi connectivity index (χ3v) is 5.84. The highest BCUT2D eigenvalue weighted by molar-refractivity contribution is 5.72. The quantitative estimate of drug-likeness (QED) is 0.397. The van der Waals surface area contributed by atoms with Gasteiger partial charge in [0.15, 0.2) is 0 Å². The van der Waals surface area contributed by atoms with Crippen molar-refractivity contribution in [3.8, 4) is 11.5 Å². The van der Waals surface area contributed by atoms with E-state index in [-0.39, 0.29) is 13.2 Å². The molecule has 0 aliphatic heterocycles. The van der Waals surface area contributed by atoms with Crippen molar-refractivity contribution in [1.29, 1.82) is 0 Å². The molecule has 2 aromatic carbocycles. The van der Waals surface area contributed by atoms with E-state index in [0.717, 1.165) is 28.9 Å². The summed E-state index contributed by atoms with van der Waals surface area (Å²) in [6.45, 7) is 6.15. The Labute approximate surface area is 191 Å². The Kier molecular flexibility index (Phi) is 9.97. The van der Waals surface area contributed by atoms with Crippen LogP contribution in [0, 0.1) is 0 Å². The molecule has 0 fully saturated rings. The minimum absolute atomic E-state index is 0.104. The summed E-state index contributed by atoms with van der Waals surface area (Å²) in [5.41, 5.74) is 3.56. The van der Waals surface area contributed by atoms with Crippen molar-refractivity contribution in [3.63, 3.8) is 0 Å². The molecule has 2 rings (SSSR count). The van der Waals surface area contributed by atoms with Gasteiger partial charge in [-0.1, -0.05) is 51.1 Å². The number of allylic oxidation sites excluding steroid dienone is 3. The summed E-state index contributed by atoms with van der Waals surface area (Å²) in [7, 11) is 1.65. The molecule has 0 aliphatic carbocycles. The van der Waals surface area contributed by atoms with Crippen LogP contribution in [0.25, 0.3) is 5.57 Å². The Morgan fingerprint density at radius 3 is 2.28 bits per heavy atom. The zero-order valence-corrected chi connectivity index (χ0v) is 19.6. The SMILES string of the molecule is CC/C(=C\C=C\C(O)(CC)CC)c1cc(OCc2ccc(CO)c(CO)c2)ccc1OC. The van der Waals surface area contributed by atoms with Crippen LogP contribution < -0.4 is 9.47 Å². The van der Waals surface area contributed by atoms with E-state index in [1.54, 1.807) is 7.11 Å². The van der Waals surface area contributed by atoms with E-state index in [9.17, 15) is 15.3 Å². The smallest absolute Gasteiger partial charge is 0.126 e. The zero-order chi connectivity index (χ0) is 23.6. The van der Waals surface area contributed by atoms with Crippen molar-refractivity contribution in [3.05, 3.63) is 76.9 Å². The number of benzene rings is 2. The van der Waals surface area contributed by atoms with E-state index in [2.05, 4.69) is 6.92 Å². The van der Waals surface area contributed by atoms with E-state index in [0.29, 0.717) is 36.3 Å². The fourth-order valence-corrected chi connectivity index (χ4v) is 3.49. The maximum Gasteiger partial charge on any atom is 0.126 e. The Balaban J connectivity index is 2.26. The van der Waals surface area contributed by atoms with Crippen LogP contribution in [0.1, 0.15) is 62.3 Å². The number of aliphatic hydroxyl groups is 3. The van der Waals surface area contributed by atoms with Crippen LogP contribution in [0.3, 0.4) is 0 Å². The van der Waals surface area contributed by atoms with Gasteiger partial charge in [-0.05, 0) is 65.8 Å². The second kappa shape index (κ2) is 12.4. The minimum atomic E-state index is -0.788. The highest BCUT2D eigenvalue weighted by Crippen LogP contribution is 2.32. The second-order valence-corrected chi connectivity index (χ2v) is 7.79. The monoisotopic (exact) mass is 440 g/mol. The number of hydrogen-bond acceptors (Lipinski definition) is 5. The van der Waals surface area contributed by atoms with Crippen molar-refractivity contribution < 1.29 is 24.8 Å². The molecular formula is C27H36O5. The molecule has 0 aromatic heterocycles. The number of ether oxygens (including phenoxy) is 2. The van der Waals surface area contributed by atoms with Crippen LogP contribution in [-0.2, 0) is 19.8 Å². The van der Waals surface area contributed by atoms with Gasteiger partial charge >= 0.3 is 0 Å². The van der Waals surface area contributed by atoms with Gasteiger partial charge < -0.3 is 24.8 Å². The van der Waals surface area contributed by atoms with E-state index in [4.69, 9.17) is 9.47 Å². The lowest BCUT2D eigenvalue weighted by molar-refractivity contribution is 0.0828. The lowest BCUT2D eigenvalue weighted by atomic mass is 9.96. The molecule has 0 saturated carbocycles. The number of rotatable bonds is 12. The van der Waals surface area contributed by atoms with Gasteiger partial charge in [0.25, 0.3) is 0 Å². The molecule has 0 atom stereocenters. The first-order valence-electron chi connectivity index (χ1n) is 11.2. The van der Waals surface area contributed by atoms with Gasteiger partial charge in [-0.3, -0.25) is 0 Å². The fourth-order valence-electron chi connectivity index (χ4n) is 3.49. The fraction of sp³-hybridized carbons (Fsp3) is 0.407. The normalized spacial score (nSPS) is 12.4. The lowest BCUT2D eigenvalue weighted by Crippen LogP contribution is -2.22. The van der Waals surface area contributed by atoms with Crippen LogP contribution >= 0.6 is 0 Å². The van der Waals surface area contributed by atoms with Gasteiger partial charge in [-0.25, -0.2) is 0 Å². The molecule has 0 spiro atoms. The standard InChI is InChI=1S/C27H36O5/c1-5-21(9-8-14-27(30,6-2)7-3)25-16-24(12-13-26(25)31-4)32-19-20-10-11-22(17-28)23(15-20)18-29/h8-16,28-30H,5-7,17-19H2,1-4H3/b14-8+,21-9+. The number of aliphatic hydroxyl groups excluding tert-OH is 2. The number of hydrogen-bond donors (Lipinski definition) is 3. The topological polar surface area (TPSA) is 79.2 Å². The van der Waals surface area contributed by atoms with Crippen molar-refractivity contribution >= 4 is 5.57 Å². The summed E-state index contributed by atoms with van der Waals surface area (Å²) in [4.78, 5) is 0. The average Bonchev–Trinajstić information content (AvgIpc) is 2.84. The first-order valence-corrected chi connectivity index (χ1v) is 11.2. The van der Waals surface area contributed by atoms with Gasteiger partial charge in [-0.15, -0.1) is 0 Å². The van der Waals surface area contributed by atoms with Crippen LogP contribution in [0.5, 0.6) is 11.5 Å². The van der Waals surface area contributed by atoms with Gasteiger partial charge in [-0.2, -0.15) is 0 Å². The van der Waals surface area contributed by atoms with E-state index in [1.807, 2.05) is 68.5 Å². The molecule has 0 unspecified atom stereocenters. The summed E-state index contributed by atoms with van der Waals surface area (Å²) in [6.07, 6.45) is 7.91. The van der Waals surface area contributed by atoms with Gasteiger partial charge in [0.05, 0.1) is 25.9 Å². The summed E-state index contributed by atoms with van der Waals surface area (Å²) in [5.74, 6) is 1.47. The minimum Gasteiger partial charge on any atom is -0.496 e. The van der Waals surface area contributed by atoms with Crippen LogP contribution in [0.4, 0.5) is 0 Å². The van der Waals surface area contributed by atoms with Gasteiger partial charge in [0.1, 0.15) is 18.1 Å². The first kappa shape index (κ1) is 25.7. The Hall–Kier alpha value is -2.60. The van der Waals surface area contributed by atoms with Crippen molar-refractivity contribution in [1.82, 2.24) is 0 Å². The van der Waals surface area contributed by atoms with Crippen molar-refractivity contribution in [2.45, 2.75) is 65.5 Å². The maximum atomic E-state index is 10.5. The predicted molar refractivity (Wildman–Crippen MR) is 129 cm³/mol. The van der Waals surface area contributed by atoms with Gasteiger partial charge in [0.2, 0.25) is 0 Å². The molecule has 5 heteroatoms. The average molecular weight is 441 g/mol. The molecule has 2 aromatic rings. The number of methoxy groups -OCH3 is 1. The second-order valence-electron chi connectivity index (χ2n) is 7.79. The zero-order valence-electron chi connectivity index (χ0n) is 19.6. The first-order chi connectivity index (χ1) is 15.4. The molecule has 174 valence electrons. The lowest BCUT2D eigenvalue weighted by Gasteiger charge is -2.20. The summed E-state index contributed by atoms with van der Waals surface area (Å²) >= 11 is 0. The Morgan fingerprint density at radius 1 is 0.969 bits per heavy atom. The molecule has 0 aliphatic rings. The summed E-state index contributed by atoms with van der Waals surface area (Å²) < 4.78 is 11.6. The highest BCUT2D eigenvalue weighted by Gasteiger charge is 2.17. The Morgan fingerprint density at radius 2 is 1.69 bits per heavy atom. The van der Waals surface area contributed by atoms with E-state index >= 15 is 0 Å². The molecule has 32 heavy (non-hydrogen) atoms. The van der Waals surface area contributed by atoms with Gasteiger partial charge in [0, 0.05) is 5.56 Å². The van der Waals surface area contributed by atoms with Crippen molar-refractivity contribution in [2.24, 2.45) is 0 Å². The molecule has 0 radical (unpaired) electrons.